The molecule has 0 bridgehead atoms. The number of hydrogen-bond donors (Lipinski definition) is 1. The molecular weight excluding hydrogens is 168 g/mol. The molecule has 0 saturated heterocycles. The highest BCUT2D eigenvalue weighted by Gasteiger charge is 2.52. The predicted molar refractivity (Wildman–Crippen MR) is 38.1 cm³/mol. The van der Waals surface area contributed by atoms with Gasteiger partial charge >= 0.3 is 6.09 Å². The molecule has 1 saturated carbocycles. The number of carbonyl (C=O) groups excluding carboxylic acids is 1. The van der Waals surface area contributed by atoms with Crippen LogP contribution in [0.25, 0.3) is 0 Å². The number of hydrogen-bond acceptors (Lipinski definition) is 2. The average Bonchev–Trinajstić information content (AvgIpc) is 2.69. The van der Waals surface area contributed by atoms with E-state index in [0.717, 1.165) is 0 Å². The lowest BCUT2D eigenvalue weighted by Crippen LogP contribution is -2.42. The van der Waals surface area contributed by atoms with Gasteiger partial charge in [-0.1, -0.05) is 0 Å². The third-order valence-corrected chi connectivity index (χ3v) is 1.83. The van der Waals surface area contributed by atoms with Crippen molar-refractivity contribution in [1.82, 2.24) is 5.32 Å². The summed E-state index contributed by atoms with van der Waals surface area (Å²) >= 11 is 0. The zero-order chi connectivity index (χ0) is 9.19. The lowest BCUT2D eigenvalue weighted by Gasteiger charge is -2.15. The normalized spacial score (nSPS) is 19.0. The molecule has 70 valence electrons. The highest BCUT2D eigenvalue weighted by atomic mass is 19.3. The predicted octanol–water partition coefficient (Wildman–Crippen LogP) is 1.53. The van der Waals surface area contributed by atoms with E-state index in [4.69, 9.17) is 0 Å². The first-order valence-corrected chi connectivity index (χ1v) is 3.84. The fourth-order valence-corrected chi connectivity index (χ4v) is 0.903. The Hall–Kier alpha value is -0.870. The molecule has 1 rings (SSSR count). The number of nitrogens with one attached hydrogen (secondary N) is 1. The van der Waals surface area contributed by atoms with E-state index in [2.05, 4.69) is 10.1 Å². The SMILES string of the molecule is CCOC(=O)NC1(C(F)F)CC1. The number of ether oxygens (including phenoxy) is 1. The third-order valence-electron chi connectivity index (χ3n) is 1.83. The minimum Gasteiger partial charge on any atom is -0.450 e. The molecule has 0 spiro atoms. The Morgan fingerprint density at radius 2 is 2.25 bits per heavy atom. The van der Waals surface area contributed by atoms with Crippen LogP contribution in [0.15, 0.2) is 0 Å². The summed E-state index contributed by atoms with van der Waals surface area (Å²) in [5.41, 5.74) is -1.29. The molecule has 0 aromatic rings. The second-order valence-corrected chi connectivity index (χ2v) is 2.80. The number of halogens is 2. The van der Waals surface area contributed by atoms with Crippen molar-refractivity contribution in [2.24, 2.45) is 0 Å². The van der Waals surface area contributed by atoms with E-state index in [9.17, 15) is 13.6 Å². The minimum absolute atomic E-state index is 0.200. The molecular formula is C7H11F2NO2. The lowest BCUT2D eigenvalue weighted by atomic mass is 10.3. The van der Waals surface area contributed by atoms with Crippen molar-refractivity contribution in [3.05, 3.63) is 0 Å². The van der Waals surface area contributed by atoms with E-state index in [0.29, 0.717) is 12.8 Å². The second kappa shape index (κ2) is 3.25. The van der Waals surface area contributed by atoms with Gasteiger partial charge < -0.3 is 10.1 Å². The molecule has 0 aromatic heterocycles. The van der Waals surface area contributed by atoms with Gasteiger partial charge in [0, 0.05) is 0 Å². The largest absolute Gasteiger partial charge is 0.450 e. The molecule has 1 aliphatic carbocycles. The maximum absolute atomic E-state index is 12.2. The van der Waals surface area contributed by atoms with E-state index in [-0.39, 0.29) is 6.61 Å². The van der Waals surface area contributed by atoms with E-state index >= 15 is 0 Å². The zero-order valence-electron chi connectivity index (χ0n) is 6.77. The van der Waals surface area contributed by atoms with E-state index in [1.54, 1.807) is 6.92 Å². The number of carbonyl (C=O) groups is 1. The smallest absolute Gasteiger partial charge is 0.407 e. The summed E-state index contributed by atoms with van der Waals surface area (Å²) in [6.45, 7) is 1.83. The van der Waals surface area contributed by atoms with Crippen molar-refractivity contribution in [2.45, 2.75) is 31.7 Å². The molecule has 0 radical (unpaired) electrons. The van der Waals surface area contributed by atoms with Crippen LogP contribution in [0.4, 0.5) is 13.6 Å². The third kappa shape index (κ3) is 1.84. The molecule has 0 unspecified atom stereocenters. The Labute approximate surface area is 69.1 Å². The number of rotatable bonds is 3. The molecule has 1 aliphatic rings. The van der Waals surface area contributed by atoms with Gasteiger partial charge in [-0.25, -0.2) is 13.6 Å². The van der Waals surface area contributed by atoms with Gasteiger partial charge in [-0.2, -0.15) is 0 Å². The topological polar surface area (TPSA) is 38.3 Å². The summed E-state index contributed by atoms with van der Waals surface area (Å²) < 4.78 is 28.9. The van der Waals surface area contributed by atoms with Crippen LogP contribution in [0.2, 0.25) is 0 Å². The molecule has 3 nitrogen and oxygen atoms in total. The molecule has 1 amide bonds. The van der Waals surface area contributed by atoms with Gasteiger partial charge in [0.15, 0.2) is 0 Å². The van der Waals surface area contributed by atoms with Gasteiger partial charge in [0.1, 0.15) is 5.54 Å². The molecule has 5 heteroatoms. The van der Waals surface area contributed by atoms with Gasteiger partial charge in [0.25, 0.3) is 6.43 Å². The van der Waals surface area contributed by atoms with Gasteiger partial charge in [0.05, 0.1) is 6.61 Å². The highest BCUT2D eigenvalue weighted by Crippen LogP contribution is 2.40. The Bertz CT molecular complexity index is 180. The van der Waals surface area contributed by atoms with Crippen LogP contribution in [-0.2, 0) is 4.74 Å². The van der Waals surface area contributed by atoms with Crippen LogP contribution in [-0.4, -0.2) is 24.7 Å². The summed E-state index contributed by atoms with van der Waals surface area (Å²) in [4.78, 5) is 10.7. The molecule has 0 atom stereocenters. The maximum Gasteiger partial charge on any atom is 0.407 e. The second-order valence-electron chi connectivity index (χ2n) is 2.80. The van der Waals surface area contributed by atoms with Crippen LogP contribution in [0.1, 0.15) is 19.8 Å². The first-order chi connectivity index (χ1) is 5.60. The summed E-state index contributed by atoms with van der Waals surface area (Å²) in [5.74, 6) is 0. The summed E-state index contributed by atoms with van der Waals surface area (Å²) in [6, 6.07) is 0. The quantitative estimate of drug-likeness (QED) is 0.713. The van der Waals surface area contributed by atoms with Crippen LogP contribution < -0.4 is 5.32 Å². The first-order valence-electron chi connectivity index (χ1n) is 3.84. The van der Waals surface area contributed by atoms with Gasteiger partial charge in [-0.15, -0.1) is 0 Å². The summed E-state index contributed by atoms with van der Waals surface area (Å²) in [6.07, 6.45) is -2.58. The Balaban J connectivity index is 2.35. The Morgan fingerprint density at radius 3 is 2.58 bits per heavy atom. The van der Waals surface area contributed by atoms with Crippen molar-refractivity contribution in [1.29, 1.82) is 0 Å². The standard InChI is InChI=1S/C7H11F2NO2/c1-2-12-6(11)10-7(3-4-7)5(8)9/h5H,2-4H2,1H3,(H,10,11). The molecule has 1 fully saturated rings. The van der Waals surface area contributed by atoms with Gasteiger partial charge in [-0.05, 0) is 19.8 Å². The molecule has 1 N–H and O–H groups in total. The Kier molecular flexibility index (Phi) is 2.49. The average molecular weight is 179 g/mol. The van der Waals surface area contributed by atoms with Crippen LogP contribution >= 0.6 is 0 Å². The molecule has 12 heavy (non-hydrogen) atoms. The number of amides is 1. The maximum atomic E-state index is 12.2. The summed E-state index contributed by atoms with van der Waals surface area (Å²) in [5, 5.41) is 2.16. The molecule has 0 aromatic carbocycles. The fourth-order valence-electron chi connectivity index (χ4n) is 0.903. The Morgan fingerprint density at radius 1 is 1.67 bits per heavy atom. The monoisotopic (exact) mass is 179 g/mol. The molecule has 0 heterocycles. The molecule has 0 aliphatic heterocycles. The summed E-state index contributed by atoms with van der Waals surface area (Å²) in [7, 11) is 0. The van der Waals surface area contributed by atoms with Crippen molar-refractivity contribution in [2.75, 3.05) is 6.61 Å². The number of alkyl carbamates (subject to hydrolysis) is 1. The lowest BCUT2D eigenvalue weighted by molar-refractivity contribution is 0.0758. The fraction of sp³-hybridized carbons (Fsp3) is 0.857. The van der Waals surface area contributed by atoms with Crippen molar-refractivity contribution >= 4 is 6.09 Å². The van der Waals surface area contributed by atoms with E-state index in [1.165, 1.54) is 0 Å². The van der Waals surface area contributed by atoms with E-state index in [1.807, 2.05) is 0 Å². The number of alkyl halides is 2. The van der Waals surface area contributed by atoms with Crippen molar-refractivity contribution in [3.63, 3.8) is 0 Å². The highest BCUT2D eigenvalue weighted by molar-refractivity contribution is 5.69. The zero-order valence-corrected chi connectivity index (χ0v) is 6.77. The first kappa shape index (κ1) is 9.22. The van der Waals surface area contributed by atoms with Crippen LogP contribution in [0.3, 0.4) is 0 Å². The van der Waals surface area contributed by atoms with Crippen molar-refractivity contribution in [3.8, 4) is 0 Å². The van der Waals surface area contributed by atoms with Crippen LogP contribution in [0, 0.1) is 0 Å². The van der Waals surface area contributed by atoms with Gasteiger partial charge in [-0.3, -0.25) is 0 Å². The van der Waals surface area contributed by atoms with E-state index < -0.39 is 18.1 Å². The van der Waals surface area contributed by atoms with Crippen LogP contribution in [0.5, 0.6) is 0 Å². The van der Waals surface area contributed by atoms with Gasteiger partial charge in [0.2, 0.25) is 0 Å². The minimum atomic E-state index is -2.50. The van der Waals surface area contributed by atoms with Crippen molar-refractivity contribution < 1.29 is 18.3 Å².